The van der Waals surface area contributed by atoms with Gasteiger partial charge in [0.1, 0.15) is 0 Å². The molecule has 0 amide bonds. The van der Waals surface area contributed by atoms with Crippen LogP contribution >= 0.6 is 0 Å². The Morgan fingerprint density at radius 1 is 1.23 bits per heavy atom. The summed E-state index contributed by atoms with van der Waals surface area (Å²) in [5, 5.41) is 19.4. The minimum absolute atomic E-state index is 0.302. The summed E-state index contributed by atoms with van der Waals surface area (Å²) in [6.45, 7) is 0.658. The van der Waals surface area contributed by atoms with Gasteiger partial charge in [-0.05, 0) is 62.1 Å². The van der Waals surface area contributed by atoms with E-state index in [1.807, 2.05) is 18.2 Å². The van der Waals surface area contributed by atoms with E-state index in [0.29, 0.717) is 49.7 Å². The fourth-order valence-corrected chi connectivity index (χ4v) is 3.63. The normalized spacial score (nSPS) is 28.2. The van der Waals surface area contributed by atoms with Gasteiger partial charge in [-0.3, -0.25) is 0 Å². The third-order valence-electron chi connectivity index (χ3n) is 5.79. The lowest BCUT2D eigenvalue weighted by molar-refractivity contribution is -0.167. The largest absolute Gasteiger partial charge is 0.493 e. The topological polar surface area (TPSA) is 88.8 Å². The average molecular weight is 359 g/mol. The molecule has 26 heavy (non-hydrogen) atoms. The number of benzene rings is 1. The number of ether oxygens (including phenoxy) is 3. The number of carbonyl (C=O) groups is 1. The molecule has 2 aliphatic carbocycles. The smallest absolute Gasteiger partial charge is 0.335 e. The maximum Gasteiger partial charge on any atom is 0.335 e. The minimum atomic E-state index is -1.20. The van der Waals surface area contributed by atoms with Crippen LogP contribution in [0.2, 0.25) is 0 Å². The molecule has 6 heteroatoms. The first-order chi connectivity index (χ1) is 12.5. The second-order valence-corrected chi connectivity index (χ2v) is 7.32. The number of carboxylic acids is 1. The molecule has 3 rings (SSSR count). The molecule has 1 aromatic rings. The Morgan fingerprint density at radius 3 is 2.42 bits per heavy atom. The van der Waals surface area contributed by atoms with Gasteiger partial charge in [-0.1, -0.05) is 6.07 Å². The van der Waals surface area contributed by atoms with Crippen molar-refractivity contribution in [1.82, 2.24) is 0 Å². The van der Waals surface area contributed by atoms with Crippen LogP contribution in [0.15, 0.2) is 18.2 Å². The average Bonchev–Trinajstić information content (AvgIpc) is 3.50. The highest BCUT2D eigenvalue weighted by molar-refractivity contribution is 5.77. The van der Waals surface area contributed by atoms with E-state index in [1.165, 1.54) is 20.0 Å². The summed E-state index contributed by atoms with van der Waals surface area (Å²) in [4.78, 5) is 11.6. The molecular weight excluding hydrogens is 334 g/mol. The Balaban J connectivity index is 1.85. The maximum atomic E-state index is 11.6. The fourth-order valence-electron chi connectivity index (χ4n) is 3.63. The summed E-state index contributed by atoms with van der Waals surface area (Å²) >= 11 is 0. The van der Waals surface area contributed by atoms with Crippen molar-refractivity contribution < 1.29 is 24.1 Å². The molecule has 1 aromatic carbocycles. The number of methoxy groups -OCH3 is 2. The van der Waals surface area contributed by atoms with Gasteiger partial charge in [0.25, 0.3) is 0 Å². The summed E-state index contributed by atoms with van der Waals surface area (Å²) in [5.41, 5.74) is -1.08. The third-order valence-corrected chi connectivity index (χ3v) is 5.79. The van der Waals surface area contributed by atoms with Gasteiger partial charge in [0, 0.05) is 7.11 Å². The Morgan fingerprint density at radius 2 is 1.92 bits per heavy atom. The van der Waals surface area contributed by atoms with Gasteiger partial charge in [-0.2, -0.15) is 5.26 Å². The molecule has 0 unspecified atom stereocenters. The van der Waals surface area contributed by atoms with Crippen LogP contribution in [-0.2, 0) is 14.9 Å². The van der Waals surface area contributed by atoms with Crippen LogP contribution in [0.25, 0.3) is 0 Å². The van der Waals surface area contributed by atoms with Gasteiger partial charge in [0.15, 0.2) is 17.1 Å². The number of aliphatic carboxylic acids is 1. The van der Waals surface area contributed by atoms with Crippen LogP contribution in [-0.4, -0.2) is 37.5 Å². The van der Waals surface area contributed by atoms with Gasteiger partial charge >= 0.3 is 5.97 Å². The fraction of sp³-hybridized carbons (Fsp3) is 0.600. The van der Waals surface area contributed by atoms with Gasteiger partial charge in [0.05, 0.1) is 25.2 Å². The van der Waals surface area contributed by atoms with E-state index >= 15 is 0 Å². The summed E-state index contributed by atoms with van der Waals surface area (Å²) in [6, 6.07) is 8.02. The molecule has 0 saturated heterocycles. The van der Waals surface area contributed by atoms with Crippen LogP contribution in [0.3, 0.4) is 0 Å². The second-order valence-electron chi connectivity index (χ2n) is 7.32. The molecule has 2 saturated carbocycles. The van der Waals surface area contributed by atoms with E-state index < -0.39 is 17.0 Å². The van der Waals surface area contributed by atoms with Crippen molar-refractivity contribution in [2.24, 2.45) is 5.92 Å². The van der Waals surface area contributed by atoms with Crippen molar-refractivity contribution in [2.75, 3.05) is 20.8 Å². The summed E-state index contributed by atoms with van der Waals surface area (Å²) in [6.07, 6.45) is 3.85. The number of hydrogen-bond donors (Lipinski definition) is 1. The van der Waals surface area contributed by atoms with Gasteiger partial charge in [-0.15, -0.1) is 0 Å². The second kappa shape index (κ2) is 7.16. The molecule has 1 N–H and O–H groups in total. The molecule has 140 valence electrons. The Labute approximate surface area is 153 Å². The quantitative estimate of drug-likeness (QED) is 0.803. The molecule has 0 spiro atoms. The third kappa shape index (κ3) is 3.36. The monoisotopic (exact) mass is 359 g/mol. The van der Waals surface area contributed by atoms with Crippen LogP contribution < -0.4 is 9.47 Å². The Bertz CT molecular complexity index is 711. The molecule has 6 nitrogen and oxygen atoms in total. The molecule has 0 bridgehead atoms. The molecule has 0 aromatic heterocycles. The minimum Gasteiger partial charge on any atom is -0.493 e. The van der Waals surface area contributed by atoms with E-state index in [1.54, 1.807) is 7.11 Å². The van der Waals surface area contributed by atoms with Crippen molar-refractivity contribution in [3.63, 3.8) is 0 Å². The van der Waals surface area contributed by atoms with Crippen LogP contribution in [0, 0.1) is 17.2 Å². The Kier molecular flexibility index (Phi) is 5.10. The number of nitrogens with zero attached hydrogens (tertiary/aromatic N) is 1. The van der Waals surface area contributed by atoms with E-state index in [0.717, 1.165) is 5.56 Å². The zero-order valence-electron chi connectivity index (χ0n) is 15.3. The highest BCUT2D eigenvalue weighted by Crippen LogP contribution is 2.46. The van der Waals surface area contributed by atoms with Gasteiger partial charge < -0.3 is 19.3 Å². The number of hydrogen-bond acceptors (Lipinski definition) is 5. The van der Waals surface area contributed by atoms with E-state index in [9.17, 15) is 15.2 Å². The standard InChI is InChI=1S/C20H25NO5/c1-24-16-6-5-15(11-17(16)26-12-14-3-4-14)19(13-21)7-9-20(25-2,10-8-19)18(22)23/h5-6,11,14H,3-4,7-10,12H2,1-2H3,(H,22,23)/t19-,20+. The zero-order chi connectivity index (χ0) is 18.8. The highest BCUT2D eigenvalue weighted by Gasteiger charge is 2.48. The zero-order valence-corrected chi connectivity index (χ0v) is 15.3. The highest BCUT2D eigenvalue weighted by atomic mass is 16.5. The lowest BCUT2D eigenvalue weighted by atomic mass is 9.66. The predicted octanol–water partition coefficient (Wildman–Crippen LogP) is 3.29. The summed E-state index contributed by atoms with van der Waals surface area (Å²) in [5.74, 6) is 0.944. The number of rotatable bonds is 7. The van der Waals surface area contributed by atoms with Crippen LogP contribution in [0.1, 0.15) is 44.1 Å². The summed E-state index contributed by atoms with van der Waals surface area (Å²) in [7, 11) is 3.02. The predicted molar refractivity (Wildman–Crippen MR) is 94.3 cm³/mol. The maximum absolute atomic E-state index is 11.6. The van der Waals surface area contributed by atoms with E-state index in [2.05, 4.69) is 6.07 Å². The number of nitriles is 1. The van der Waals surface area contributed by atoms with Crippen molar-refractivity contribution in [2.45, 2.75) is 49.5 Å². The SMILES string of the molecule is COc1ccc([C@]2(C#N)CC[C@@](OC)(C(=O)O)CC2)cc1OCC1CC1. The molecule has 2 aliphatic rings. The van der Waals surface area contributed by atoms with E-state index in [4.69, 9.17) is 14.2 Å². The summed E-state index contributed by atoms with van der Waals surface area (Å²) < 4.78 is 16.6. The first-order valence-corrected chi connectivity index (χ1v) is 9.00. The van der Waals surface area contributed by atoms with Crippen molar-refractivity contribution in [3.05, 3.63) is 23.8 Å². The molecule has 2 fully saturated rings. The lowest BCUT2D eigenvalue weighted by Crippen LogP contribution is -2.47. The first kappa shape index (κ1) is 18.5. The lowest BCUT2D eigenvalue weighted by Gasteiger charge is -2.40. The van der Waals surface area contributed by atoms with Crippen molar-refractivity contribution in [3.8, 4) is 17.6 Å². The van der Waals surface area contributed by atoms with Crippen LogP contribution in [0.5, 0.6) is 11.5 Å². The molecule has 0 heterocycles. The molecular formula is C20H25NO5. The van der Waals surface area contributed by atoms with Crippen molar-refractivity contribution >= 4 is 5.97 Å². The number of carboxylic acid groups (broad SMARTS) is 1. The van der Waals surface area contributed by atoms with Crippen LogP contribution in [0.4, 0.5) is 0 Å². The van der Waals surface area contributed by atoms with Crippen molar-refractivity contribution in [1.29, 1.82) is 5.26 Å². The van der Waals surface area contributed by atoms with Gasteiger partial charge in [-0.25, -0.2) is 4.79 Å². The molecule has 0 aliphatic heterocycles. The first-order valence-electron chi connectivity index (χ1n) is 9.00. The van der Waals surface area contributed by atoms with E-state index in [-0.39, 0.29) is 0 Å². The van der Waals surface area contributed by atoms with Gasteiger partial charge in [0.2, 0.25) is 0 Å². The molecule has 0 atom stereocenters. The Hall–Kier alpha value is -2.26. The molecule has 0 radical (unpaired) electrons.